The minimum absolute atomic E-state index is 0.0599. The van der Waals surface area contributed by atoms with Crippen LogP contribution in [0, 0.1) is 0 Å². The van der Waals surface area contributed by atoms with E-state index in [0.717, 1.165) is 17.9 Å². The summed E-state index contributed by atoms with van der Waals surface area (Å²) in [6.07, 6.45) is 2.15. The lowest BCUT2D eigenvalue weighted by Gasteiger charge is -2.42. The monoisotopic (exact) mass is 262 g/mol. The lowest BCUT2D eigenvalue weighted by Crippen LogP contribution is -2.56. The van der Waals surface area contributed by atoms with Crippen molar-refractivity contribution in [1.29, 1.82) is 0 Å². The van der Waals surface area contributed by atoms with E-state index in [-0.39, 0.29) is 5.91 Å². The van der Waals surface area contributed by atoms with Crippen LogP contribution in [-0.4, -0.2) is 24.6 Å². The number of carbonyl (C=O) groups is 1. The molecule has 1 aliphatic rings. The second-order valence-electron chi connectivity index (χ2n) is 4.87. The van der Waals surface area contributed by atoms with E-state index in [1.165, 1.54) is 0 Å². The molecule has 4 heteroatoms. The fourth-order valence-corrected chi connectivity index (χ4v) is 2.54. The van der Waals surface area contributed by atoms with Gasteiger partial charge >= 0.3 is 0 Å². The van der Waals surface area contributed by atoms with Gasteiger partial charge in [0.25, 0.3) is 5.91 Å². The molecule has 1 aliphatic heterocycles. The van der Waals surface area contributed by atoms with Gasteiger partial charge in [0.1, 0.15) is 5.75 Å². The van der Waals surface area contributed by atoms with E-state index in [4.69, 9.17) is 10.5 Å². The number of ether oxygens (including phenoxy) is 1. The third-order valence-corrected chi connectivity index (χ3v) is 3.82. The number of nitrogens with two attached hydrogens (primary N) is 1. The van der Waals surface area contributed by atoms with Crippen LogP contribution < -0.4 is 15.4 Å². The topological polar surface area (TPSA) is 55.6 Å². The van der Waals surface area contributed by atoms with Gasteiger partial charge in [0.05, 0.1) is 5.69 Å². The predicted molar refractivity (Wildman–Crippen MR) is 76.4 cm³/mol. The SMILES string of the molecule is CCC1(CC)Oc2ccccc2N(CCCN)C1=O. The molecule has 0 aliphatic carbocycles. The Morgan fingerprint density at radius 1 is 1.26 bits per heavy atom. The number of hydrogen-bond donors (Lipinski definition) is 1. The maximum Gasteiger partial charge on any atom is 0.271 e. The van der Waals surface area contributed by atoms with Gasteiger partial charge in [-0.25, -0.2) is 0 Å². The molecule has 0 aromatic heterocycles. The van der Waals surface area contributed by atoms with Crippen molar-refractivity contribution in [3.8, 4) is 5.75 Å². The molecule has 0 fully saturated rings. The second-order valence-corrected chi connectivity index (χ2v) is 4.87. The van der Waals surface area contributed by atoms with Crippen LogP contribution in [0.5, 0.6) is 5.75 Å². The number of hydrogen-bond acceptors (Lipinski definition) is 3. The van der Waals surface area contributed by atoms with E-state index in [0.29, 0.717) is 25.9 Å². The maximum atomic E-state index is 12.7. The molecular weight excluding hydrogens is 240 g/mol. The summed E-state index contributed by atoms with van der Waals surface area (Å²) in [7, 11) is 0. The number of nitrogens with zero attached hydrogens (tertiary/aromatic N) is 1. The molecule has 1 amide bonds. The van der Waals surface area contributed by atoms with Gasteiger partial charge in [-0.3, -0.25) is 4.79 Å². The normalized spacial score (nSPS) is 17.0. The van der Waals surface area contributed by atoms with Crippen LogP contribution in [-0.2, 0) is 4.79 Å². The van der Waals surface area contributed by atoms with Gasteiger partial charge in [0.2, 0.25) is 0 Å². The predicted octanol–water partition coefficient (Wildman–Crippen LogP) is 2.32. The number of benzene rings is 1. The van der Waals surface area contributed by atoms with E-state index in [1.807, 2.05) is 43.0 Å². The third-order valence-electron chi connectivity index (χ3n) is 3.82. The van der Waals surface area contributed by atoms with Gasteiger partial charge < -0.3 is 15.4 Å². The first-order valence-electron chi connectivity index (χ1n) is 6.98. The van der Waals surface area contributed by atoms with Gasteiger partial charge in [0, 0.05) is 6.54 Å². The molecule has 19 heavy (non-hydrogen) atoms. The lowest BCUT2D eigenvalue weighted by molar-refractivity contribution is -0.136. The van der Waals surface area contributed by atoms with Gasteiger partial charge in [-0.1, -0.05) is 26.0 Å². The van der Waals surface area contributed by atoms with Crippen molar-refractivity contribution in [3.05, 3.63) is 24.3 Å². The maximum absolute atomic E-state index is 12.7. The number of fused-ring (bicyclic) bond motifs is 1. The van der Waals surface area contributed by atoms with Crippen LogP contribution in [0.1, 0.15) is 33.1 Å². The van der Waals surface area contributed by atoms with Crippen LogP contribution in [0.2, 0.25) is 0 Å². The van der Waals surface area contributed by atoms with Crippen LogP contribution >= 0.6 is 0 Å². The van der Waals surface area contributed by atoms with E-state index in [9.17, 15) is 4.79 Å². The van der Waals surface area contributed by atoms with Crippen molar-refractivity contribution in [2.45, 2.75) is 38.7 Å². The summed E-state index contributed by atoms with van der Waals surface area (Å²) in [5, 5.41) is 0. The fraction of sp³-hybridized carbons (Fsp3) is 0.533. The number of carbonyl (C=O) groups excluding carboxylic acids is 1. The largest absolute Gasteiger partial charge is 0.475 e. The smallest absolute Gasteiger partial charge is 0.271 e. The Morgan fingerprint density at radius 3 is 2.58 bits per heavy atom. The molecule has 0 spiro atoms. The molecule has 0 unspecified atom stereocenters. The zero-order valence-corrected chi connectivity index (χ0v) is 11.7. The standard InChI is InChI=1S/C15H22N2O2/c1-3-15(4-2)14(18)17(11-7-10-16)12-8-5-6-9-13(12)19-15/h5-6,8-9H,3-4,7,10-11,16H2,1-2H3. The van der Waals surface area contributed by atoms with Crippen LogP contribution in [0.25, 0.3) is 0 Å². The Bertz CT molecular complexity index is 455. The number of anilines is 1. The van der Waals surface area contributed by atoms with E-state index < -0.39 is 5.60 Å². The molecule has 0 bridgehead atoms. The zero-order chi connectivity index (χ0) is 13.9. The highest BCUT2D eigenvalue weighted by atomic mass is 16.5. The summed E-state index contributed by atoms with van der Waals surface area (Å²) in [4.78, 5) is 14.6. The quantitative estimate of drug-likeness (QED) is 0.886. The summed E-state index contributed by atoms with van der Waals surface area (Å²) < 4.78 is 6.02. The van der Waals surface area contributed by atoms with E-state index in [1.54, 1.807) is 0 Å². The molecule has 104 valence electrons. The Morgan fingerprint density at radius 2 is 1.95 bits per heavy atom. The van der Waals surface area contributed by atoms with Gasteiger partial charge in [-0.2, -0.15) is 0 Å². The highest BCUT2D eigenvalue weighted by Crippen LogP contribution is 2.40. The van der Waals surface area contributed by atoms with E-state index >= 15 is 0 Å². The number of para-hydroxylation sites is 2. The summed E-state index contributed by atoms with van der Waals surface area (Å²) in [6, 6.07) is 7.72. The highest BCUT2D eigenvalue weighted by molar-refractivity contribution is 6.02. The minimum atomic E-state index is -0.719. The summed E-state index contributed by atoms with van der Waals surface area (Å²) >= 11 is 0. The van der Waals surface area contributed by atoms with Gasteiger partial charge in [-0.15, -0.1) is 0 Å². The van der Waals surface area contributed by atoms with Crippen LogP contribution in [0.15, 0.2) is 24.3 Å². The van der Waals surface area contributed by atoms with E-state index in [2.05, 4.69) is 0 Å². The molecule has 0 atom stereocenters. The summed E-state index contributed by atoms with van der Waals surface area (Å²) in [6.45, 7) is 5.22. The zero-order valence-electron chi connectivity index (χ0n) is 11.7. The average Bonchev–Trinajstić information content (AvgIpc) is 2.46. The lowest BCUT2D eigenvalue weighted by atomic mass is 9.92. The molecule has 0 radical (unpaired) electrons. The van der Waals surface area contributed by atoms with Crippen LogP contribution in [0.3, 0.4) is 0 Å². The van der Waals surface area contributed by atoms with Gasteiger partial charge in [0.15, 0.2) is 5.60 Å². The molecule has 4 nitrogen and oxygen atoms in total. The van der Waals surface area contributed by atoms with Gasteiger partial charge in [-0.05, 0) is 37.9 Å². The van der Waals surface area contributed by atoms with Crippen molar-refractivity contribution in [2.24, 2.45) is 5.73 Å². The van der Waals surface area contributed by atoms with Crippen molar-refractivity contribution >= 4 is 11.6 Å². The molecule has 0 saturated carbocycles. The van der Waals surface area contributed by atoms with Crippen molar-refractivity contribution in [2.75, 3.05) is 18.0 Å². The molecule has 2 rings (SSSR count). The Labute approximate surface area is 114 Å². The Kier molecular flexibility index (Phi) is 4.10. The Balaban J connectivity index is 2.42. The molecule has 2 N–H and O–H groups in total. The first-order chi connectivity index (χ1) is 9.18. The Hall–Kier alpha value is -1.55. The van der Waals surface area contributed by atoms with Crippen molar-refractivity contribution in [3.63, 3.8) is 0 Å². The van der Waals surface area contributed by atoms with Crippen molar-refractivity contribution in [1.82, 2.24) is 0 Å². The number of rotatable bonds is 5. The highest BCUT2D eigenvalue weighted by Gasteiger charge is 2.45. The number of amides is 1. The fourth-order valence-electron chi connectivity index (χ4n) is 2.54. The van der Waals surface area contributed by atoms with Crippen LogP contribution in [0.4, 0.5) is 5.69 Å². The molecule has 0 saturated heterocycles. The first-order valence-corrected chi connectivity index (χ1v) is 6.98. The molecule has 1 aromatic rings. The molecule has 1 heterocycles. The summed E-state index contributed by atoms with van der Waals surface area (Å²) in [5.41, 5.74) is 5.71. The summed E-state index contributed by atoms with van der Waals surface area (Å²) in [5.74, 6) is 0.854. The average molecular weight is 262 g/mol. The first kappa shape index (κ1) is 13.9. The molecule has 1 aromatic carbocycles. The molecular formula is C15H22N2O2. The second kappa shape index (κ2) is 5.61. The third kappa shape index (κ3) is 2.32. The van der Waals surface area contributed by atoms with Crippen molar-refractivity contribution < 1.29 is 9.53 Å². The minimum Gasteiger partial charge on any atom is -0.475 e.